The van der Waals surface area contributed by atoms with Gasteiger partial charge in [0.25, 0.3) is 0 Å². The summed E-state index contributed by atoms with van der Waals surface area (Å²) in [6.07, 6.45) is 1.37. The molecule has 2 aromatic heterocycles. The van der Waals surface area contributed by atoms with E-state index in [1.807, 2.05) is 35.9 Å². The number of Topliss-reactive ketones (excluding diaryl/α,β-unsaturated/α-hetero) is 1. The summed E-state index contributed by atoms with van der Waals surface area (Å²) < 4.78 is 4.11. The Kier molecular flexibility index (Phi) is 3.95. The van der Waals surface area contributed by atoms with Gasteiger partial charge in [0.2, 0.25) is 5.95 Å². The number of para-hydroxylation sites is 2. The third kappa shape index (κ3) is 2.97. The Morgan fingerprint density at radius 1 is 1.00 bits per heavy atom. The Hall–Kier alpha value is -3.21. The smallest absolute Gasteiger partial charge is 0.232 e. The lowest BCUT2D eigenvalue weighted by atomic mass is 9.75. The van der Waals surface area contributed by atoms with Crippen molar-refractivity contribution in [3.63, 3.8) is 0 Å². The second kappa shape index (κ2) is 6.41. The van der Waals surface area contributed by atoms with Crippen LogP contribution in [0, 0.1) is 12.3 Å². The van der Waals surface area contributed by atoms with E-state index in [0.29, 0.717) is 13.0 Å². The first-order valence-corrected chi connectivity index (χ1v) is 10.0. The second-order valence-corrected chi connectivity index (χ2v) is 8.73. The molecule has 0 aliphatic heterocycles. The largest absolute Gasteiger partial charge is 0.304 e. The van der Waals surface area contributed by atoms with Crippen LogP contribution in [0.15, 0.2) is 54.6 Å². The summed E-state index contributed by atoms with van der Waals surface area (Å²) in [4.78, 5) is 17.8. The van der Waals surface area contributed by atoms with Gasteiger partial charge in [-0.15, -0.1) is 0 Å². The molecule has 0 bridgehead atoms. The van der Waals surface area contributed by atoms with E-state index in [0.717, 1.165) is 40.4 Å². The van der Waals surface area contributed by atoms with Crippen LogP contribution in [0.5, 0.6) is 0 Å². The maximum Gasteiger partial charge on any atom is 0.232 e. The third-order valence-corrected chi connectivity index (χ3v) is 5.73. The topological polar surface area (TPSA) is 52.7 Å². The van der Waals surface area contributed by atoms with E-state index in [1.165, 1.54) is 5.56 Å². The minimum absolute atomic E-state index is 0.0788. The van der Waals surface area contributed by atoms with Gasteiger partial charge in [-0.3, -0.25) is 4.79 Å². The van der Waals surface area contributed by atoms with Gasteiger partial charge in [-0.2, -0.15) is 5.10 Å². The van der Waals surface area contributed by atoms with Gasteiger partial charge in [-0.25, -0.2) is 9.67 Å². The molecule has 4 aromatic rings. The van der Waals surface area contributed by atoms with Crippen LogP contribution in [0.4, 0.5) is 0 Å². The van der Waals surface area contributed by atoms with E-state index >= 15 is 0 Å². The lowest BCUT2D eigenvalue weighted by Crippen LogP contribution is -2.28. The van der Waals surface area contributed by atoms with Crippen molar-refractivity contribution in [2.45, 2.75) is 40.2 Å². The molecule has 5 nitrogen and oxygen atoms in total. The fraction of sp³-hybridized carbons (Fsp3) is 0.292. The molecule has 0 unspecified atom stereocenters. The molecule has 0 radical (unpaired) electrons. The monoisotopic (exact) mass is 384 g/mol. The fourth-order valence-electron chi connectivity index (χ4n) is 4.45. The molecule has 146 valence electrons. The van der Waals surface area contributed by atoms with E-state index in [1.54, 1.807) is 0 Å². The number of carbonyl (C=O) groups excluding carboxylic acids is 1. The number of hydrogen-bond acceptors (Lipinski definition) is 3. The molecule has 1 aliphatic rings. The summed E-state index contributed by atoms with van der Waals surface area (Å²) in [7, 11) is 0. The van der Waals surface area contributed by atoms with Crippen LogP contribution in [0.25, 0.3) is 17.0 Å². The third-order valence-electron chi connectivity index (χ3n) is 5.73. The predicted octanol–water partition coefficient (Wildman–Crippen LogP) is 4.73. The molecule has 29 heavy (non-hydrogen) atoms. The number of imidazole rings is 1. The Morgan fingerprint density at radius 3 is 2.52 bits per heavy atom. The number of aryl methyl sites for hydroxylation is 1. The van der Waals surface area contributed by atoms with Gasteiger partial charge >= 0.3 is 0 Å². The van der Waals surface area contributed by atoms with Crippen molar-refractivity contribution in [2.75, 3.05) is 0 Å². The Balaban J connectivity index is 1.74. The van der Waals surface area contributed by atoms with Gasteiger partial charge in [-0.05, 0) is 36.5 Å². The van der Waals surface area contributed by atoms with Crippen LogP contribution in [0.1, 0.15) is 47.6 Å². The van der Waals surface area contributed by atoms with E-state index in [9.17, 15) is 4.79 Å². The van der Waals surface area contributed by atoms with Crippen LogP contribution in [0.3, 0.4) is 0 Å². The molecule has 2 aromatic carbocycles. The minimum atomic E-state index is -0.0788. The van der Waals surface area contributed by atoms with Crippen molar-refractivity contribution < 1.29 is 4.79 Å². The van der Waals surface area contributed by atoms with E-state index in [2.05, 4.69) is 48.7 Å². The highest BCUT2D eigenvalue weighted by atomic mass is 16.1. The van der Waals surface area contributed by atoms with Gasteiger partial charge in [0.15, 0.2) is 5.78 Å². The molecule has 0 saturated carbocycles. The zero-order valence-corrected chi connectivity index (χ0v) is 17.0. The summed E-state index contributed by atoms with van der Waals surface area (Å²) >= 11 is 0. The highest BCUT2D eigenvalue weighted by molar-refractivity contribution is 5.99. The number of benzene rings is 2. The number of aromatic nitrogens is 4. The van der Waals surface area contributed by atoms with Crippen molar-refractivity contribution in [3.05, 3.63) is 77.1 Å². The highest BCUT2D eigenvalue weighted by Gasteiger charge is 2.36. The molecule has 0 spiro atoms. The van der Waals surface area contributed by atoms with Crippen LogP contribution in [0.2, 0.25) is 0 Å². The molecule has 5 rings (SSSR count). The first-order valence-electron chi connectivity index (χ1n) is 10.0. The first-order chi connectivity index (χ1) is 13.9. The zero-order valence-electron chi connectivity index (χ0n) is 17.0. The summed E-state index contributed by atoms with van der Waals surface area (Å²) in [6.45, 7) is 6.92. The number of rotatable bonds is 3. The lowest BCUT2D eigenvalue weighted by Gasteiger charge is -2.29. The van der Waals surface area contributed by atoms with Crippen molar-refractivity contribution in [1.29, 1.82) is 0 Å². The zero-order chi connectivity index (χ0) is 20.2. The fourth-order valence-corrected chi connectivity index (χ4v) is 4.45. The molecule has 0 atom stereocenters. The molecule has 0 amide bonds. The highest BCUT2D eigenvalue weighted by Crippen LogP contribution is 2.37. The second-order valence-electron chi connectivity index (χ2n) is 8.73. The van der Waals surface area contributed by atoms with Crippen molar-refractivity contribution in [1.82, 2.24) is 19.3 Å². The molecule has 2 heterocycles. The van der Waals surface area contributed by atoms with Crippen LogP contribution < -0.4 is 0 Å². The number of hydrogen-bond donors (Lipinski definition) is 0. The minimum Gasteiger partial charge on any atom is -0.304 e. The maximum atomic E-state index is 12.8. The summed E-state index contributed by atoms with van der Waals surface area (Å²) in [5, 5.41) is 4.79. The van der Waals surface area contributed by atoms with Gasteiger partial charge in [-0.1, -0.05) is 56.3 Å². The standard InChI is InChI=1S/C24H24N4O/c1-16-22-20(13-24(2,3)14-21(22)29)28(26-16)23-25-18-11-7-8-12-19(18)27(23)15-17-9-5-4-6-10-17/h4-12H,13-15H2,1-3H3. The quantitative estimate of drug-likeness (QED) is 0.513. The molecule has 0 saturated heterocycles. The van der Waals surface area contributed by atoms with Gasteiger partial charge in [0.1, 0.15) is 0 Å². The maximum absolute atomic E-state index is 12.8. The number of carbonyl (C=O) groups is 1. The van der Waals surface area contributed by atoms with Gasteiger partial charge in [0, 0.05) is 6.42 Å². The average molecular weight is 384 g/mol. The summed E-state index contributed by atoms with van der Waals surface area (Å²) in [5.74, 6) is 0.954. The Labute approximate surface area is 170 Å². The molecular weight excluding hydrogens is 360 g/mol. The van der Waals surface area contributed by atoms with Crippen molar-refractivity contribution >= 4 is 16.8 Å². The van der Waals surface area contributed by atoms with Crippen LogP contribution in [-0.4, -0.2) is 25.1 Å². The van der Waals surface area contributed by atoms with Gasteiger partial charge < -0.3 is 4.57 Å². The Bertz CT molecular complexity index is 1230. The summed E-state index contributed by atoms with van der Waals surface area (Å²) in [6, 6.07) is 18.5. The SMILES string of the molecule is Cc1nn(-c2nc3ccccc3n2Cc2ccccc2)c2c1C(=O)CC(C)(C)C2. The molecule has 5 heteroatoms. The van der Waals surface area contributed by atoms with Crippen LogP contribution >= 0.6 is 0 Å². The van der Waals surface area contributed by atoms with Crippen molar-refractivity contribution in [3.8, 4) is 5.95 Å². The molecule has 1 aliphatic carbocycles. The van der Waals surface area contributed by atoms with Gasteiger partial charge in [0.05, 0.1) is 34.5 Å². The number of nitrogens with zero attached hydrogens (tertiary/aromatic N) is 4. The normalized spacial score (nSPS) is 15.6. The Morgan fingerprint density at radius 2 is 1.72 bits per heavy atom. The lowest BCUT2D eigenvalue weighted by molar-refractivity contribution is 0.0910. The van der Waals surface area contributed by atoms with E-state index in [4.69, 9.17) is 10.1 Å². The predicted molar refractivity (Wildman–Crippen MR) is 114 cm³/mol. The van der Waals surface area contributed by atoms with E-state index < -0.39 is 0 Å². The van der Waals surface area contributed by atoms with Crippen molar-refractivity contribution in [2.24, 2.45) is 5.41 Å². The average Bonchev–Trinajstić information content (AvgIpc) is 3.19. The van der Waals surface area contributed by atoms with Crippen LogP contribution in [-0.2, 0) is 13.0 Å². The molecule has 0 N–H and O–H groups in total. The molecule has 0 fully saturated rings. The molecular formula is C24H24N4O. The number of fused-ring (bicyclic) bond motifs is 2. The number of ketones is 1. The first kappa shape index (κ1) is 17.9. The summed E-state index contributed by atoms with van der Waals surface area (Å²) in [5.41, 5.74) is 5.67. The van der Waals surface area contributed by atoms with E-state index in [-0.39, 0.29) is 11.2 Å².